The van der Waals surface area contributed by atoms with Gasteiger partial charge in [0.25, 0.3) is 0 Å². The first-order chi connectivity index (χ1) is 8.55. The van der Waals surface area contributed by atoms with Gasteiger partial charge in [-0.25, -0.2) is 4.98 Å². The molecule has 0 saturated carbocycles. The molecule has 1 N–H and O–H groups in total. The molecule has 1 atom stereocenters. The van der Waals surface area contributed by atoms with E-state index in [1.807, 2.05) is 0 Å². The third kappa shape index (κ3) is 3.60. The second kappa shape index (κ2) is 5.56. The van der Waals surface area contributed by atoms with Crippen LogP contribution in [0, 0.1) is 5.92 Å². The number of aromatic nitrogens is 1. The Hall–Kier alpha value is -1.30. The highest BCUT2D eigenvalue weighted by Gasteiger charge is 2.32. The fourth-order valence-electron chi connectivity index (χ4n) is 1.90. The smallest absolute Gasteiger partial charge is 0.383 e. The van der Waals surface area contributed by atoms with Gasteiger partial charge in [-0.15, -0.1) is 0 Å². The third-order valence-electron chi connectivity index (χ3n) is 2.90. The lowest BCUT2D eigenvalue weighted by Gasteiger charge is -2.22. The number of hydrogen-bond acceptors (Lipinski definition) is 3. The first-order valence-electron chi connectivity index (χ1n) is 5.90. The summed E-state index contributed by atoms with van der Waals surface area (Å²) in [5.41, 5.74) is -0.261. The molecule has 0 spiro atoms. The van der Waals surface area contributed by atoms with Crippen LogP contribution in [0.5, 0.6) is 0 Å². The van der Waals surface area contributed by atoms with Crippen LogP contribution >= 0.6 is 0 Å². The van der Waals surface area contributed by atoms with E-state index in [9.17, 15) is 13.2 Å². The van der Waals surface area contributed by atoms with Crippen molar-refractivity contribution in [1.82, 2.24) is 4.98 Å². The molecule has 3 nitrogen and oxygen atoms in total. The summed E-state index contributed by atoms with van der Waals surface area (Å²) in [6, 6.07) is 2.39. The lowest BCUT2D eigenvalue weighted by molar-refractivity contribution is -0.141. The van der Waals surface area contributed by atoms with Crippen molar-refractivity contribution in [2.75, 3.05) is 25.1 Å². The summed E-state index contributed by atoms with van der Waals surface area (Å²) < 4.78 is 42.2. The zero-order chi connectivity index (χ0) is 13.0. The predicted molar refractivity (Wildman–Crippen MR) is 61.3 cm³/mol. The molecule has 0 radical (unpaired) electrons. The predicted octanol–water partition coefficient (Wildman–Crippen LogP) is 2.94. The minimum atomic E-state index is -4.38. The molecule has 0 bridgehead atoms. The lowest BCUT2D eigenvalue weighted by atomic mass is 10.0. The van der Waals surface area contributed by atoms with Crippen LogP contribution < -0.4 is 5.32 Å². The van der Waals surface area contributed by atoms with E-state index in [1.54, 1.807) is 0 Å². The third-order valence-corrected chi connectivity index (χ3v) is 2.90. The van der Waals surface area contributed by atoms with Crippen molar-refractivity contribution in [1.29, 1.82) is 0 Å². The topological polar surface area (TPSA) is 34.1 Å². The molecular weight excluding hydrogens is 245 g/mol. The highest BCUT2D eigenvalue weighted by molar-refractivity contribution is 5.41. The number of anilines is 1. The second-order valence-electron chi connectivity index (χ2n) is 4.39. The van der Waals surface area contributed by atoms with Crippen LogP contribution in [0.15, 0.2) is 18.3 Å². The fraction of sp³-hybridized carbons (Fsp3) is 0.583. The molecule has 1 aliphatic heterocycles. The summed E-state index contributed by atoms with van der Waals surface area (Å²) in [5, 5.41) is 3.08. The summed E-state index contributed by atoms with van der Waals surface area (Å²) in [6.45, 7) is 2.21. The van der Waals surface area contributed by atoms with Gasteiger partial charge in [0.1, 0.15) is 5.69 Å². The van der Waals surface area contributed by atoms with Crippen molar-refractivity contribution >= 4 is 5.69 Å². The van der Waals surface area contributed by atoms with Gasteiger partial charge in [-0.1, -0.05) is 0 Å². The average Bonchev–Trinajstić information content (AvgIpc) is 2.37. The molecule has 1 aromatic rings. The maximum Gasteiger partial charge on any atom is 0.433 e. The van der Waals surface area contributed by atoms with Gasteiger partial charge < -0.3 is 10.1 Å². The lowest BCUT2D eigenvalue weighted by Crippen LogP contribution is -2.24. The monoisotopic (exact) mass is 260 g/mol. The molecule has 1 fully saturated rings. The number of alkyl halides is 3. The number of nitrogens with one attached hydrogen (secondary N) is 1. The van der Waals surface area contributed by atoms with Crippen LogP contribution in [0.1, 0.15) is 18.5 Å². The van der Waals surface area contributed by atoms with Gasteiger partial charge in [0, 0.05) is 13.2 Å². The Balaban J connectivity index is 1.86. The van der Waals surface area contributed by atoms with Crippen molar-refractivity contribution in [2.24, 2.45) is 5.92 Å². The largest absolute Gasteiger partial charge is 0.433 e. The molecule has 1 aromatic heterocycles. The molecule has 2 rings (SSSR count). The summed E-state index contributed by atoms with van der Waals surface area (Å²) in [5.74, 6) is 0.418. The Morgan fingerprint density at radius 1 is 1.39 bits per heavy atom. The Morgan fingerprint density at radius 3 is 2.78 bits per heavy atom. The van der Waals surface area contributed by atoms with Crippen molar-refractivity contribution in [3.05, 3.63) is 24.0 Å². The van der Waals surface area contributed by atoms with Gasteiger partial charge >= 0.3 is 6.18 Å². The molecule has 1 unspecified atom stereocenters. The van der Waals surface area contributed by atoms with E-state index in [2.05, 4.69) is 10.3 Å². The Bertz CT molecular complexity index is 372. The molecule has 1 saturated heterocycles. The number of ether oxygens (including phenoxy) is 1. The van der Waals surface area contributed by atoms with Crippen LogP contribution in [0.2, 0.25) is 0 Å². The summed E-state index contributed by atoms with van der Waals surface area (Å²) >= 11 is 0. The number of nitrogens with zero attached hydrogens (tertiary/aromatic N) is 1. The Kier molecular flexibility index (Phi) is 4.06. The number of hydrogen-bond donors (Lipinski definition) is 1. The van der Waals surface area contributed by atoms with Crippen LogP contribution in [-0.4, -0.2) is 24.7 Å². The quantitative estimate of drug-likeness (QED) is 0.907. The van der Waals surface area contributed by atoms with E-state index >= 15 is 0 Å². The SMILES string of the molecule is FC(F)(F)c1ccc(NCC2CCCOC2)cn1. The van der Waals surface area contributed by atoms with Gasteiger partial charge in [-0.05, 0) is 30.9 Å². The molecule has 100 valence electrons. The molecule has 6 heteroatoms. The molecule has 0 amide bonds. The maximum absolute atomic E-state index is 12.3. The molecule has 2 heterocycles. The summed E-state index contributed by atoms with van der Waals surface area (Å²) in [7, 11) is 0. The maximum atomic E-state index is 12.3. The highest BCUT2D eigenvalue weighted by Crippen LogP contribution is 2.27. The highest BCUT2D eigenvalue weighted by atomic mass is 19.4. The summed E-state index contributed by atoms with van der Waals surface area (Å²) in [4.78, 5) is 3.39. The summed E-state index contributed by atoms with van der Waals surface area (Å²) in [6.07, 6.45) is -1.04. The normalized spacial score (nSPS) is 20.7. The van der Waals surface area contributed by atoms with Gasteiger partial charge in [-0.3, -0.25) is 0 Å². The first kappa shape index (κ1) is 13.1. The fourth-order valence-corrected chi connectivity index (χ4v) is 1.90. The van der Waals surface area contributed by atoms with Crippen LogP contribution in [0.3, 0.4) is 0 Å². The van der Waals surface area contributed by atoms with E-state index in [-0.39, 0.29) is 0 Å². The molecule has 1 aliphatic rings. The molecule has 18 heavy (non-hydrogen) atoms. The zero-order valence-corrected chi connectivity index (χ0v) is 9.83. The number of rotatable bonds is 3. The van der Waals surface area contributed by atoms with E-state index in [0.29, 0.717) is 24.8 Å². The Morgan fingerprint density at radius 2 is 2.22 bits per heavy atom. The number of pyridine rings is 1. The van der Waals surface area contributed by atoms with Gasteiger partial charge in [-0.2, -0.15) is 13.2 Å². The minimum absolute atomic E-state index is 0.418. The van der Waals surface area contributed by atoms with E-state index in [4.69, 9.17) is 4.74 Å². The van der Waals surface area contributed by atoms with Crippen molar-refractivity contribution in [3.63, 3.8) is 0 Å². The van der Waals surface area contributed by atoms with E-state index in [1.165, 1.54) is 12.3 Å². The zero-order valence-electron chi connectivity index (χ0n) is 9.83. The molecule has 0 aromatic carbocycles. The Labute approximate surface area is 103 Å². The molecule has 0 aliphatic carbocycles. The first-order valence-corrected chi connectivity index (χ1v) is 5.90. The molecular formula is C12H15F3N2O. The van der Waals surface area contributed by atoms with Gasteiger partial charge in [0.2, 0.25) is 0 Å². The van der Waals surface area contributed by atoms with E-state index in [0.717, 1.165) is 25.5 Å². The van der Waals surface area contributed by atoms with Crippen LogP contribution in [0.4, 0.5) is 18.9 Å². The van der Waals surface area contributed by atoms with Crippen molar-refractivity contribution in [2.45, 2.75) is 19.0 Å². The van der Waals surface area contributed by atoms with Crippen molar-refractivity contribution < 1.29 is 17.9 Å². The second-order valence-corrected chi connectivity index (χ2v) is 4.39. The van der Waals surface area contributed by atoms with Crippen molar-refractivity contribution in [3.8, 4) is 0 Å². The standard InChI is InChI=1S/C12H15F3N2O/c13-12(14,15)11-4-3-10(7-17-11)16-6-9-2-1-5-18-8-9/h3-4,7,9,16H,1-2,5-6,8H2. The number of halogens is 3. The van der Waals surface area contributed by atoms with Gasteiger partial charge in [0.15, 0.2) is 0 Å². The van der Waals surface area contributed by atoms with Crippen LogP contribution in [-0.2, 0) is 10.9 Å². The minimum Gasteiger partial charge on any atom is -0.383 e. The van der Waals surface area contributed by atoms with E-state index < -0.39 is 11.9 Å². The van der Waals surface area contributed by atoms with Crippen LogP contribution in [0.25, 0.3) is 0 Å². The average molecular weight is 260 g/mol. The van der Waals surface area contributed by atoms with Gasteiger partial charge in [0.05, 0.1) is 18.5 Å².